The lowest BCUT2D eigenvalue weighted by molar-refractivity contribution is 0.0696. The number of carbonyl (C=O) groups is 2. The highest BCUT2D eigenvalue weighted by atomic mass is 35.5. The second-order valence-corrected chi connectivity index (χ2v) is 8.46. The Morgan fingerprint density at radius 1 is 1.10 bits per heavy atom. The van der Waals surface area contributed by atoms with Gasteiger partial charge in [0.15, 0.2) is 0 Å². The quantitative estimate of drug-likeness (QED) is 0.730. The predicted octanol–water partition coefficient (Wildman–Crippen LogP) is 4.49. The van der Waals surface area contributed by atoms with Crippen LogP contribution < -0.4 is 10.2 Å². The molecule has 1 saturated heterocycles. The van der Waals surface area contributed by atoms with Gasteiger partial charge < -0.3 is 15.3 Å². The summed E-state index contributed by atoms with van der Waals surface area (Å²) in [7, 11) is 0. The van der Waals surface area contributed by atoms with Gasteiger partial charge in [-0.25, -0.2) is 4.79 Å². The predicted molar refractivity (Wildman–Crippen MR) is 116 cm³/mol. The summed E-state index contributed by atoms with van der Waals surface area (Å²) in [5, 5.41) is 12.5. The number of benzene rings is 2. The molecule has 5 nitrogen and oxygen atoms in total. The number of carbonyl (C=O) groups excluding carboxylic acids is 1. The number of hydrogen-bond donors (Lipinski definition) is 2. The van der Waals surface area contributed by atoms with E-state index in [1.165, 1.54) is 6.42 Å². The highest BCUT2D eigenvalue weighted by molar-refractivity contribution is 6.31. The Kier molecular flexibility index (Phi) is 6.80. The van der Waals surface area contributed by atoms with Gasteiger partial charge >= 0.3 is 5.97 Å². The first kappa shape index (κ1) is 21.2. The molecule has 6 heteroatoms. The summed E-state index contributed by atoms with van der Waals surface area (Å²) in [6.45, 7) is 6.82. The second-order valence-electron chi connectivity index (χ2n) is 8.02. The van der Waals surface area contributed by atoms with E-state index in [1.54, 1.807) is 30.3 Å². The molecule has 0 radical (unpaired) electrons. The summed E-state index contributed by atoms with van der Waals surface area (Å²) in [5.74, 6) is 0.0773. The van der Waals surface area contributed by atoms with Crippen molar-refractivity contribution in [1.29, 1.82) is 0 Å². The van der Waals surface area contributed by atoms with E-state index >= 15 is 0 Å². The van der Waals surface area contributed by atoms with Crippen LogP contribution in [0.4, 0.5) is 5.69 Å². The van der Waals surface area contributed by atoms with E-state index in [4.69, 9.17) is 16.7 Å². The van der Waals surface area contributed by atoms with Crippen LogP contribution >= 0.6 is 11.6 Å². The zero-order chi connectivity index (χ0) is 21.0. The van der Waals surface area contributed by atoms with Gasteiger partial charge in [-0.15, -0.1) is 0 Å². The minimum absolute atomic E-state index is 0.143. The van der Waals surface area contributed by atoms with Gasteiger partial charge in [-0.3, -0.25) is 4.79 Å². The van der Waals surface area contributed by atoms with Crippen molar-refractivity contribution in [2.24, 2.45) is 11.8 Å². The van der Waals surface area contributed by atoms with Gasteiger partial charge in [0.25, 0.3) is 5.91 Å². The molecule has 2 aromatic carbocycles. The first-order valence-corrected chi connectivity index (χ1v) is 10.4. The fraction of sp³-hybridized carbons (Fsp3) is 0.391. The molecule has 2 atom stereocenters. The van der Waals surface area contributed by atoms with Gasteiger partial charge in [0.1, 0.15) is 0 Å². The van der Waals surface area contributed by atoms with Crippen molar-refractivity contribution >= 4 is 29.2 Å². The van der Waals surface area contributed by atoms with E-state index in [-0.39, 0.29) is 11.5 Å². The first-order chi connectivity index (χ1) is 13.8. The Morgan fingerprint density at radius 3 is 2.38 bits per heavy atom. The molecule has 2 aromatic rings. The summed E-state index contributed by atoms with van der Waals surface area (Å²) in [6, 6.07) is 12.2. The highest BCUT2D eigenvalue weighted by Gasteiger charge is 2.25. The first-order valence-electron chi connectivity index (χ1n) is 9.98. The fourth-order valence-corrected chi connectivity index (χ4v) is 4.23. The van der Waals surface area contributed by atoms with Crippen LogP contribution in [0.5, 0.6) is 0 Å². The average Bonchev–Trinajstić information content (AvgIpc) is 2.67. The van der Waals surface area contributed by atoms with E-state index in [1.807, 2.05) is 12.1 Å². The Hall–Kier alpha value is -2.53. The molecule has 1 aliphatic rings. The van der Waals surface area contributed by atoms with Gasteiger partial charge in [-0.05, 0) is 60.6 Å². The maximum absolute atomic E-state index is 12.9. The summed E-state index contributed by atoms with van der Waals surface area (Å²) in [5.41, 5.74) is 2.75. The van der Waals surface area contributed by atoms with Crippen molar-refractivity contribution in [3.8, 4) is 0 Å². The molecule has 3 rings (SSSR count). The Labute approximate surface area is 176 Å². The summed E-state index contributed by atoms with van der Waals surface area (Å²) in [6.07, 6.45) is 1.83. The number of carboxylic acids is 1. The average molecular weight is 415 g/mol. The van der Waals surface area contributed by atoms with Crippen LogP contribution in [-0.2, 0) is 6.42 Å². The maximum atomic E-state index is 12.9. The second kappa shape index (κ2) is 9.31. The lowest BCUT2D eigenvalue weighted by Crippen LogP contribution is -2.40. The van der Waals surface area contributed by atoms with Crippen LogP contribution in [0.3, 0.4) is 0 Å². The van der Waals surface area contributed by atoms with E-state index < -0.39 is 5.97 Å². The SMILES string of the molecule is C[C@H]1C[C@H](C)CN(c2ccc(Cl)cc2C(=O)NCCc2ccc(C(=O)O)cc2)C1. The number of aromatic carboxylic acids is 1. The van der Waals surface area contributed by atoms with Gasteiger partial charge in [0.05, 0.1) is 11.1 Å². The topological polar surface area (TPSA) is 69.6 Å². The molecule has 0 aliphatic carbocycles. The van der Waals surface area contributed by atoms with E-state index in [0.717, 1.165) is 24.3 Å². The molecule has 1 aliphatic heterocycles. The van der Waals surface area contributed by atoms with Gasteiger partial charge in [0, 0.05) is 30.3 Å². The van der Waals surface area contributed by atoms with E-state index in [2.05, 4.69) is 24.1 Å². The molecule has 2 N–H and O–H groups in total. The third-order valence-electron chi connectivity index (χ3n) is 5.31. The standard InChI is InChI=1S/C23H27ClN2O3/c1-15-11-16(2)14-26(13-15)21-8-7-19(24)12-20(21)22(27)25-10-9-17-3-5-18(6-4-17)23(28)29/h3-8,12,15-16H,9-11,13-14H2,1-2H3,(H,25,27)(H,28,29)/t15-,16-/m0/s1. The Morgan fingerprint density at radius 2 is 1.76 bits per heavy atom. The van der Waals surface area contributed by atoms with Gasteiger partial charge in [0.2, 0.25) is 0 Å². The third kappa shape index (κ3) is 5.51. The Bertz CT molecular complexity index is 872. The number of rotatable bonds is 6. The minimum Gasteiger partial charge on any atom is -0.478 e. The summed E-state index contributed by atoms with van der Waals surface area (Å²) < 4.78 is 0. The third-order valence-corrected chi connectivity index (χ3v) is 5.55. The fourth-order valence-electron chi connectivity index (χ4n) is 4.06. The van der Waals surface area contributed by atoms with Crippen LogP contribution in [0.1, 0.15) is 46.5 Å². The lowest BCUT2D eigenvalue weighted by atomic mass is 9.91. The molecule has 0 bridgehead atoms. The molecule has 1 fully saturated rings. The van der Waals surface area contributed by atoms with Crippen LogP contribution in [0.25, 0.3) is 0 Å². The molecule has 0 unspecified atom stereocenters. The largest absolute Gasteiger partial charge is 0.478 e. The number of anilines is 1. The number of carboxylic acid groups (broad SMARTS) is 1. The molecule has 0 spiro atoms. The molecule has 1 amide bonds. The number of nitrogens with zero attached hydrogens (tertiary/aromatic N) is 1. The lowest BCUT2D eigenvalue weighted by Gasteiger charge is -2.37. The zero-order valence-electron chi connectivity index (χ0n) is 16.8. The van der Waals surface area contributed by atoms with E-state index in [9.17, 15) is 9.59 Å². The monoisotopic (exact) mass is 414 g/mol. The van der Waals surface area contributed by atoms with Crippen LogP contribution in [-0.4, -0.2) is 36.6 Å². The van der Waals surface area contributed by atoms with Crippen molar-refractivity contribution in [2.75, 3.05) is 24.5 Å². The van der Waals surface area contributed by atoms with E-state index in [0.29, 0.717) is 35.4 Å². The summed E-state index contributed by atoms with van der Waals surface area (Å²) in [4.78, 5) is 26.1. The molecule has 154 valence electrons. The minimum atomic E-state index is -0.945. The number of hydrogen-bond acceptors (Lipinski definition) is 3. The molecular weight excluding hydrogens is 388 g/mol. The molecular formula is C23H27ClN2O3. The number of amides is 1. The highest BCUT2D eigenvalue weighted by Crippen LogP contribution is 2.30. The van der Waals surface area contributed by atoms with Crippen LogP contribution in [0.2, 0.25) is 5.02 Å². The Balaban J connectivity index is 1.67. The van der Waals surface area contributed by atoms with Gasteiger partial charge in [-0.1, -0.05) is 37.6 Å². The molecule has 29 heavy (non-hydrogen) atoms. The molecule has 0 aromatic heterocycles. The maximum Gasteiger partial charge on any atom is 0.335 e. The van der Waals surface area contributed by atoms with Crippen LogP contribution in [0, 0.1) is 11.8 Å². The normalized spacial score (nSPS) is 19.1. The number of halogens is 1. The van der Waals surface area contributed by atoms with Crippen molar-refractivity contribution in [3.63, 3.8) is 0 Å². The van der Waals surface area contributed by atoms with Crippen molar-refractivity contribution in [1.82, 2.24) is 5.32 Å². The zero-order valence-corrected chi connectivity index (χ0v) is 17.6. The number of piperidine rings is 1. The molecule has 0 saturated carbocycles. The smallest absolute Gasteiger partial charge is 0.335 e. The summed E-state index contributed by atoms with van der Waals surface area (Å²) >= 11 is 6.18. The molecule has 1 heterocycles. The number of nitrogens with one attached hydrogen (secondary N) is 1. The van der Waals surface area contributed by atoms with Gasteiger partial charge in [-0.2, -0.15) is 0 Å². The van der Waals surface area contributed by atoms with Crippen molar-refractivity contribution < 1.29 is 14.7 Å². The van der Waals surface area contributed by atoms with Crippen molar-refractivity contribution in [3.05, 3.63) is 64.2 Å². The van der Waals surface area contributed by atoms with Crippen molar-refractivity contribution in [2.45, 2.75) is 26.7 Å². The van der Waals surface area contributed by atoms with Crippen LogP contribution in [0.15, 0.2) is 42.5 Å².